The van der Waals surface area contributed by atoms with Crippen LogP contribution in [0.4, 0.5) is 14.4 Å². The van der Waals surface area contributed by atoms with Gasteiger partial charge in [-0.3, -0.25) is 10.4 Å². The molecule has 1 aromatic carbocycles. The lowest BCUT2D eigenvalue weighted by Gasteiger charge is -2.31. The number of hydrogen-bond acceptors (Lipinski definition) is 10. The first-order chi connectivity index (χ1) is 13.5. The molecule has 0 radical (unpaired) electrons. The number of amides is 6. The maximum atomic E-state index is 11.2. The summed E-state index contributed by atoms with van der Waals surface area (Å²) in [7, 11) is 0. The number of carboxylic acids is 1. The largest absolute Gasteiger partial charge is 0.493 e. The standard InChI is InChI=1S/C10H10O5.C5H8N3O6/c11-5-6-15-10(14)8-3-1-7(2-4-8)9(12)13;1-2-8(14)4(10)6(12)3(9)7(13)5(8)11/h1-4,11H,5-6H2,(H,12,13);12-14H,2H2,1H3/q;+1. The lowest BCUT2D eigenvalue weighted by atomic mass is 10.1. The highest BCUT2D eigenvalue weighted by Crippen LogP contribution is 2.18. The van der Waals surface area contributed by atoms with E-state index in [4.69, 9.17) is 20.6 Å². The quantitative estimate of drug-likeness (QED) is 0.254. The van der Waals surface area contributed by atoms with Gasteiger partial charge in [-0.15, -0.1) is 0 Å². The van der Waals surface area contributed by atoms with Crippen LogP contribution in [0.25, 0.3) is 0 Å². The Hall–Kier alpha value is -3.43. The van der Waals surface area contributed by atoms with Crippen molar-refractivity contribution in [3.8, 4) is 0 Å². The molecule has 0 atom stereocenters. The van der Waals surface area contributed by atoms with E-state index in [9.17, 15) is 29.2 Å². The molecule has 0 spiro atoms. The topological polar surface area (TPSA) is 202 Å². The zero-order chi connectivity index (χ0) is 22.4. The maximum Gasteiger partial charge on any atom is 0.493 e. The third-order valence-corrected chi connectivity index (χ3v) is 3.51. The lowest BCUT2D eigenvalue weighted by Crippen LogP contribution is -2.70. The molecule has 1 heterocycles. The van der Waals surface area contributed by atoms with Crippen LogP contribution in [0.1, 0.15) is 27.6 Å². The molecule has 29 heavy (non-hydrogen) atoms. The molecule has 5 N–H and O–H groups in total. The second-order valence-electron chi connectivity index (χ2n) is 5.30. The number of imide groups is 3. The van der Waals surface area contributed by atoms with Gasteiger partial charge in [-0.1, -0.05) is 10.1 Å². The summed E-state index contributed by atoms with van der Waals surface area (Å²) in [6.07, 6.45) is 0. The van der Waals surface area contributed by atoms with Crippen LogP contribution in [-0.4, -0.2) is 90.4 Å². The molecule has 1 aliphatic rings. The Morgan fingerprint density at radius 3 is 1.83 bits per heavy atom. The van der Waals surface area contributed by atoms with Gasteiger partial charge in [-0.2, -0.15) is 14.8 Å². The summed E-state index contributed by atoms with van der Waals surface area (Å²) in [5, 5.41) is 42.9. The fourth-order valence-corrected chi connectivity index (χ4v) is 1.89. The first-order valence-electron chi connectivity index (χ1n) is 7.84. The fourth-order valence-electron chi connectivity index (χ4n) is 1.89. The van der Waals surface area contributed by atoms with E-state index in [2.05, 4.69) is 4.74 Å². The molecule has 0 aromatic heterocycles. The first kappa shape index (κ1) is 23.6. The molecule has 2 rings (SSSR count). The highest BCUT2D eigenvalue weighted by Gasteiger charge is 2.59. The summed E-state index contributed by atoms with van der Waals surface area (Å²) >= 11 is 0. The van der Waals surface area contributed by atoms with Gasteiger partial charge in [0.25, 0.3) is 0 Å². The van der Waals surface area contributed by atoms with Crippen molar-refractivity contribution in [1.82, 2.24) is 10.1 Å². The average molecular weight is 416 g/mol. The Kier molecular flexibility index (Phi) is 7.87. The van der Waals surface area contributed by atoms with Gasteiger partial charge in [0.15, 0.2) is 0 Å². The minimum absolute atomic E-state index is 0.0699. The molecule has 14 heteroatoms. The SMILES string of the molecule is CC[N+]1(O)C(=O)N(O)C(=O)N(O)C1=O.O=C(O)c1ccc(C(=O)OCCO)cc1. The van der Waals surface area contributed by atoms with E-state index in [1.54, 1.807) is 0 Å². The van der Waals surface area contributed by atoms with Crippen molar-refractivity contribution >= 4 is 30.0 Å². The maximum absolute atomic E-state index is 11.2. The van der Waals surface area contributed by atoms with Crippen molar-refractivity contribution in [1.29, 1.82) is 0 Å². The number of hydroxylamine groups is 7. The predicted molar refractivity (Wildman–Crippen MR) is 86.8 cm³/mol. The van der Waals surface area contributed by atoms with Crippen LogP contribution in [0.15, 0.2) is 24.3 Å². The van der Waals surface area contributed by atoms with Gasteiger partial charge in [0.2, 0.25) is 0 Å². The smallest absolute Gasteiger partial charge is 0.478 e. The second-order valence-corrected chi connectivity index (χ2v) is 5.30. The van der Waals surface area contributed by atoms with Crippen LogP contribution in [0, 0.1) is 0 Å². The molecule has 14 nitrogen and oxygen atoms in total. The molecule has 1 fully saturated rings. The number of carboxylic acid groups (broad SMARTS) is 1. The summed E-state index contributed by atoms with van der Waals surface area (Å²) in [6.45, 7) is 0.519. The highest BCUT2D eigenvalue weighted by atomic mass is 16.7. The zero-order valence-electron chi connectivity index (χ0n) is 15.0. The van der Waals surface area contributed by atoms with Crippen molar-refractivity contribution in [2.75, 3.05) is 19.8 Å². The molecular weight excluding hydrogens is 398 g/mol. The van der Waals surface area contributed by atoms with Crippen LogP contribution < -0.4 is 0 Å². The Balaban J connectivity index is 0.000000291. The fraction of sp³-hybridized carbons (Fsp3) is 0.267. The Morgan fingerprint density at radius 1 is 1.00 bits per heavy atom. The van der Waals surface area contributed by atoms with Crippen LogP contribution in [0.3, 0.4) is 0 Å². The predicted octanol–water partition coefficient (Wildman–Crippen LogP) is 0.502. The van der Waals surface area contributed by atoms with Crippen LogP contribution in [0.5, 0.6) is 0 Å². The van der Waals surface area contributed by atoms with Gasteiger partial charge in [0, 0.05) is 0 Å². The number of rotatable bonds is 5. The van der Waals surface area contributed by atoms with E-state index < -0.39 is 51.3 Å². The first-order valence-corrected chi connectivity index (χ1v) is 7.84. The molecule has 6 amide bonds. The lowest BCUT2D eigenvalue weighted by molar-refractivity contribution is -0.977. The van der Waals surface area contributed by atoms with E-state index >= 15 is 0 Å². The van der Waals surface area contributed by atoms with Gasteiger partial charge >= 0.3 is 30.0 Å². The number of ether oxygens (including phenoxy) is 1. The minimum atomic E-state index is -1.89. The average Bonchev–Trinajstić information content (AvgIpc) is 2.73. The number of quaternary nitrogens is 1. The van der Waals surface area contributed by atoms with E-state index in [0.717, 1.165) is 0 Å². The summed E-state index contributed by atoms with van der Waals surface area (Å²) in [4.78, 5) is 54.6. The van der Waals surface area contributed by atoms with Crippen LogP contribution >= 0.6 is 0 Å². The van der Waals surface area contributed by atoms with Crippen molar-refractivity contribution in [3.05, 3.63) is 35.4 Å². The molecule has 0 aliphatic carbocycles. The van der Waals surface area contributed by atoms with Crippen molar-refractivity contribution < 1.29 is 59.2 Å². The Morgan fingerprint density at radius 2 is 1.45 bits per heavy atom. The summed E-state index contributed by atoms with van der Waals surface area (Å²) in [6, 6.07) is 0.666. The molecule has 158 valence electrons. The normalized spacial score (nSPS) is 15.6. The van der Waals surface area contributed by atoms with Crippen molar-refractivity contribution in [3.63, 3.8) is 0 Å². The number of nitrogens with zero attached hydrogens (tertiary/aromatic N) is 3. The molecule has 1 aliphatic heterocycles. The van der Waals surface area contributed by atoms with Gasteiger partial charge in [0.05, 0.1) is 17.7 Å². The summed E-state index contributed by atoms with van der Waals surface area (Å²) < 4.78 is 2.75. The number of aromatic carboxylic acids is 1. The van der Waals surface area contributed by atoms with Crippen LogP contribution in [-0.2, 0) is 4.74 Å². The van der Waals surface area contributed by atoms with Gasteiger partial charge in [-0.25, -0.2) is 14.4 Å². The molecular formula is C15H18N3O11+. The van der Waals surface area contributed by atoms with E-state index in [-0.39, 0.29) is 24.3 Å². The third kappa shape index (κ3) is 5.09. The summed E-state index contributed by atoms with van der Waals surface area (Å²) in [5.74, 6) is -1.63. The monoisotopic (exact) mass is 416 g/mol. The number of aliphatic hydroxyl groups is 1. The number of carbonyl (C=O) groups excluding carboxylic acids is 4. The molecule has 1 aromatic rings. The highest BCUT2D eigenvalue weighted by molar-refractivity contribution is 6.03. The van der Waals surface area contributed by atoms with Gasteiger partial charge in [-0.05, 0) is 35.8 Å². The Bertz CT molecular complexity index is 784. The zero-order valence-corrected chi connectivity index (χ0v) is 15.0. The molecule has 0 saturated carbocycles. The van der Waals surface area contributed by atoms with E-state index in [1.807, 2.05) is 0 Å². The van der Waals surface area contributed by atoms with E-state index in [0.29, 0.717) is 0 Å². The second kappa shape index (κ2) is 9.67. The van der Waals surface area contributed by atoms with E-state index in [1.165, 1.54) is 31.2 Å². The number of benzene rings is 1. The number of carbonyl (C=O) groups is 5. The number of hydrogen-bond donors (Lipinski definition) is 5. The molecule has 0 bridgehead atoms. The summed E-state index contributed by atoms with van der Waals surface area (Å²) in [5.41, 5.74) is 0.363. The van der Waals surface area contributed by atoms with Gasteiger partial charge < -0.3 is 14.9 Å². The van der Waals surface area contributed by atoms with Crippen LogP contribution in [0.2, 0.25) is 0 Å². The molecule has 0 unspecified atom stereocenters. The Labute approximate surface area is 162 Å². The number of urea groups is 3. The number of aliphatic hydroxyl groups excluding tert-OH is 1. The third-order valence-electron chi connectivity index (χ3n) is 3.51. The van der Waals surface area contributed by atoms with Crippen molar-refractivity contribution in [2.24, 2.45) is 0 Å². The van der Waals surface area contributed by atoms with Crippen molar-refractivity contribution in [2.45, 2.75) is 6.92 Å². The number of esters is 1. The molecule has 1 saturated heterocycles. The van der Waals surface area contributed by atoms with Gasteiger partial charge in [0.1, 0.15) is 13.2 Å². The minimum Gasteiger partial charge on any atom is -0.478 e.